The highest BCUT2D eigenvalue weighted by Crippen LogP contribution is 2.13. The molecule has 2 heterocycles. The number of hydrogen-bond donors (Lipinski definition) is 0. The number of ether oxygens (including phenoxy) is 1. The van der Waals surface area contributed by atoms with Gasteiger partial charge in [-0.3, -0.25) is 19.2 Å². The van der Waals surface area contributed by atoms with Crippen LogP contribution in [0.25, 0.3) is 21.8 Å². The summed E-state index contributed by atoms with van der Waals surface area (Å²) in [5.74, 6) is 0. The fourth-order valence-corrected chi connectivity index (χ4v) is 3.37. The van der Waals surface area contributed by atoms with Crippen LogP contribution >= 0.6 is 0 Å². The third-order valence-corrected chi connectivity index (χ3v) is 4.96. The summed E-state index contributed by atoms with van der Waals surface area (Å²) in [6.45, 7) is 0.879. The van der Waals surface area contributed by atoms with Crippen molar-refractivity contribution in [2.24, 2.45) is 7.05 Å². The molecule has 0 unspecified atom stereocenters. The van der Waals surface area contributed by atoms with Crippen molar-refractivity contribution in [2.45, 2.75) is 6.54 Å². The van der Waals surface area contributed by atoms with E-state index in [0.29, 0.717) is 25.7 Å². The van der Waals surface area contributed by atoms with Crippen LogP contribution in [-0.2, 0) is 18.3 Å². The molecular weight excluding hydrogens is 396 g/mol. The molecule has 0 saturated heterocycles. The normalized spacial score (nSPS) is 10.5. The average Bonchev–Trinajstić information content (AvgIpc) is 2.81. The number of aldehydes is 2. The summed E-state index contributed by atoms with van der Waals surface area (Å²) >= 11 is 0. The Hall–Kier alpha value is -3.84. The Kier molecular flexibility index (Phi) is 6.89. The van der Waals surface area contributed by atoms with Gasteiger partial charge in [0.25, 0.3) is 11.1 Å². The maximum absolute atomic E-state index is 12.0. The zero-order valence-electron chi connectivity index (χ0n) is 17.3. The predicted molar refractivity (Wildman–Crippen MR) is 120 cm³/mol. The third kappa shape index (κ3) is 4.51. The number of hydrogen-bond acceptors (Lipinski definition) is 5. The molecule has 158 valence electrons. The van der Waals surface area contributed by atoms with Crippen molar-refractivity contribution in [3.05, 3.63) is 92.5 Å². The number of pyridine rings is 2. The van der Waals surface area contributed by atoms with Crippen LogP contribution in [0.3, 0.4) is 0 Å². The van der Waals surface area contributed by atoms with Crippen LogP contribution in [0.15, 0.2) is 70.3 Å². The molecule has 0 radical (unpaired) electrons. The van der Waals surface area contributed by atoms with Crippen molar-refractivity contribution in [2.75, 3.05) is 13.7 Å². The minimum Gasteiger partial charge on any atom is -0.383 e. The lowest BCUT2D eigenvalue weighted by Crippen LogP contribution is -2.25. The second kappa shape index (κ2) is 9.77. The van der Waals surface area contributed by atoms with Crippen LogP contribution in [0.4, 0.5) is 0 Å². The number of nitrogens with zero attached hydrogens (tertiary/aromatic N) is 2. The standard InChI is InChI=1S/C13H13NO3.C11H9NO2/c1-17-7-6-14-12-5-3-2-4-10(12)8-11(9-15)13(14)16;1-12-10-5-3-2-4-8(10)6-9(7-13)11(12)14/h2-5,8-9H,6-7H2,1H3;2-7H,1H3. The van der Waals surface area contributed by atoms with Crippen LogP contribution in [0.1, 0.15) is 20.7 Å². The second-order valence-electron chi connectivity index (χ2n) is 6.87. The Balaban J connectivity index is 0.000000179. The molecule has 2 aromatic carbocycles. The molecule has 7 nitrogen and oxygen atoms in total. The smallest absolute Gasteiger partial charge is 0.261 e. The van der Waals surface area contributed by atoms with Gasteiger partial charge in [-0.15, -0.1) is 0 Å². The number of methoxy groups -OCH3 is 1. The number of carbonyl (C=O) groups excluding carboxylic acids is 2. The molecule has 4 rings (SSSR count). The highest BCUT2D eigenvalue weighted by Gasteiger charge is 2.08. The molecule has 31 heavy (non-hydrogen) atoms. The van der Waals surface area contributed by atoms with E-state index in [1.165, 1.54) is 4.57 Å². The van der Waals surface area contributed by atoms with Gasteiger partial charge in [0.05, 0.1) is 28.8 Å². The first-order valence-electron chi connectivity index (χ1n) is 9.62. The summed E-state index contributed by atoms with van der Waals surface area (Å²) in [4.78, 5) is 45.0. The summed E-state index contributed by atoms with van der Waals surface area (Å²) in [7, 11) is 3.24. The number of benzene rings is 2. The summed E-state index contributed by atoms with van der Waals surface area (Å²) in [5.41, 5.74) is 1.52. The monoisotopic (exact) mass is 418 g/mol. The van der Waals surface area contributed by atoms with Gasteiger partial charge in [-0.25, -0.2) is 0 Å². The lowest BCUT2D eigenvalue weighted by atomic mass is 10.1. The van der Waals surface area contributed by atoms with Gasteiger partial charge in [0, 0.05) is 20.7 Å². The molecular formula is C24H22N2O5. The topological polar surface area (TPSA) is 87.4 Å². The molecule has 0 amide bonds. The maximum atomic E-state index is 12.0. The Bertz CT molecular complexity index is 1370. The molecule has 0 N–H and O–H groups in total. The van der Waals surface area contributed by atoms with E-state index in [-0.39, 0.29) is 22.2 Å². The van der Waals surface area contributed by atoms with E-state index in [9.17, 15) is 19.2 Å². The summed E-state index contributed by atoms with van der Waals surface area (Å²) in [6, 6.07) is 18.2. The molecule has 0 aliphatic rings. The first kappa shape index (κ1) is 21.9. The summed E-state index contributed by atoms with van der Waals surface area (Å²) < 4.78 is 8.03. The molecule has 0 spiro atoms. The van der Waals surface area contributed by atoms with Gasteiger partial charge in [0.1, 0.15) is 0 Å². The molecule has 0 bridgehead atoms. The van der Waals surface area contributed by atoms with Gasteiger partial charge in [-0.2, -0.15) is 0 Å². The van der Waals surface area contributed by atoms with E-state index >= 15 is 0 Å². The van der Waals surface area contributed by atoms with E-state index < -0.39 is 0 Å². The second-order valence-corrected chi connectivity index (χ2v) is 6.87. The molecule has 4 aromatic rings. The van der Waals surface area contributed by atoms with Gasteiger partial charge < -0.3 is 13.9 Å². The highest BCUT2D eigenvalue weighted by molar-refractivity contribution is 5.87. The van der Waals surface area contributed by atoms with Gasteiger partial charge in [0.15, 0.2) is 12.6 Å². The zero-order chi connectivity index (χ0) is 22.4. The Labute approximate surface area is 178 Å². The minimum atomic E-state index is -0.268. The van der Waals surface area contributed by atoms with Gasteiger partial charge in [-0.05, 0) is 35.0 Å². The molecule has 0 aliphatic heterocycles. The van der Waals surface area contributed by atoms with E-state index in [1.54, 1.807) is 30.9 Å². The first-order chi connectivity index (χ1) is 15.0. The first-order valence-corrected chi connectivity index (χ1v) is 9.62. The van der Waals surface area contributed by atoms with Crippen molar-refractivity contribution in [1.29, 1.82) is 0 Å². The van der Waals surface area contributed by atoms with Gasteiger partial charge in [0.2, 0.25) is 0 Å². The lowest BCUT2D eigenvalue weighted by Gasteiger charge is -2.10. The van der Waals surface area contributed by atoms with Crippen molar-refractivity contribution < 1.29 is 14.3 Å². The summed E-state index contributed by atoms with van der Waals surface area (Å²) in [6.07, 6.45) is 1.19. The van der Waals surface area contributed by atoms with Crippen LogP contribution in [0.2, 0.25) is 0 Å². The molecule has 0 aliphatic carbocycles. The van der Waals surface area contributed by atoms with Gasteiger partial charge >= 0.3 is 0 Å². The fraction of sp³-hybridized carbons (Fsp3) is 0.167. The Morgan fingerprint density at radius 2 is 1.32 bits per heavy atom. The fourth-order valence-electron chi connectivity index (χ4n) is 3.37. The van der Waals surface area contributed by atoms with Crippen LogP contribution < -0.4 is 11.1 Å². The molecule has 2 aromatic heterocycles. The maximum Gasteiger partial charge on any atom is 0.261 e. The number of aromatic nitrogens is 2. The number of aryl methyl sites for hydroxylation is 1. The van der Waals surface area contributed by atoms with Crippen molar-refractivity contribution in [3.8, 4) is 0 Å². The van der Waals surface area contributed by atoms with Crippen LogP contribution in [-0.4, -0.2) is 35.4 Å². The highest BCUT2D eigenvalue weighted by atomic mass is 16.5. The average molecular weight is 418 g/mol. The van der Waals surface area contributed by atoms with E-state index in [0.717, 1.165) is 21.8 Å². The molecule has 0 fully saturated rings. The van der Waals surface area contributed by atoms with Crippen molar-refractivity contribution >= 4 is 34.4 Å². The number of rotatable bonds is 5. The van der Waals surface area contributed by atoms with Crippen LogP contribution in [0.5, 0.6) is 0 Å². The third-order valence-electron chi connectivity index (χ3n) is 4.96. The Morgan fingerprint density at radius 1 is 0.806 bits per heavy atom. The van der Waals surface area contributed by atoms with E-state index in [4.69, 9.17) is 4.74 Å². The number of fused-ring (bicyclic) bond motifs is 2. The summed E-state index contributed by atoms with van der Waals surface area (Å²) in [5, 5.41) is 1.78. The van der Waals surface area contributed by atoms with Crippen LogP contribution in [0, 0.1) is 0 Å². The minimum absolute atomic E-state index is 0.180. The quantitative estimate of drug-likeness (QED) is 0.465. The van der Waals surface area contributed by atoms with Gasteiger partial charge in [-0.1, -0.05) is 36.4 Å². The molecule has 0 atom stereocenters. The SMILES string of the molecule is COCCn1c(=O)c(C=O)cc2ccccc21.Cn1c(=O)c(C=O)cc2ccccc21. The lowest BCUT2D eigenvalue weighted by molar-refractivity contribution is 0.111. The Morgan fingerprint density at radius 3 is 1.90 bits per heavy atom. The van der Waals surface area contributed by atoms with Crippen molar-refractivity contribution in [1.82, 2.24) is 9.13 Å². The van der Waals surface area contributed by atoms with E-state index in [2.05, 4.69) is 0 Å². The largest absolute Gasteiger partial charge is 0.383 e. The number of carbonyl (C=O) groups is 2. The number of para-hydroxylation sites is 2. The zero-order valence-corrected chi connectivity index (χ0v) is 17.3. The van der Waals surface area contributed by atoms with Crippen molar-refractivity contribution in [3.63, 3.8) is 0 Å². The molecule has 0 saturated carbocycles. The predicted octanol–water partition coefficient (Wildman–Crippen LogP) is 2.81. The molecule has 7 heteroatoms. The van der Waals surface area contributed by atoms with E-state index in [1.807, 2.05) is 48.5 Å².